The monoisotopic (exact) mass is 293 g/mol. The number of rotatable bonds is 6. The third-order valence-corrected chi connectivity index (χ3v) is 4.59. The molecule has 1 unspecified atom stereocenters. The lowest BCUT2D eigenvalue weighted by atomic mass is 10.0. The fraction of sp³-hybridized carbons (Fsp3) is 0.375. The number of thiophene rings is 1. The summed E-state index contributed by atoms with van der Waals surface area (Å²) in [6.45, 7) is 5.26. The molecule has 2 aromatic rings. The summed E-state index contributed by atoms with van der Waals surface area (Å²) in [6.07, 6.45) is 2.33. The van der Waals surface area contributed by atoms with E-state index in [9.17, 15) is 0 Å². The molecule has 1 heterocycles. The average molecular weight is 294 g/mol. The molecule has 0 saturated carbocycles. The lowest BCUT2D eigenvalue weighted by Crippen LogP contribution is -2.21. The lowest BCUT2D eigenvalue weighted by Gasteiger charge is -2.18. The van der Waals surface area contributed by atoms with Crippen molar-refractivity contribution in [3.63, 3.8) is 0 Å². The Kier molecular flexibility index (Phi) is 5.44. The standard InChI is InChI=1S/C16H20ClNS/c1-3-5-12-6-8-13(9-7-12)15(18-4-2)16-14(17)10-11-19-16/h6-11,15,18H,3-5H2,1-2H3. The van der Waals surface area contributed by atoms with Crippen LogP contribution < -0.4 is 5.32 Å². The van der Waals surface area contributed by atoms with Gasteiger partial charge in [-0.1, -0.05) is 56.1 Å². The molecule has 0 radical (unpaired) electrons. The molecule has 102 valence electrons. The average Bonchev–Trinajstić information content (AvgIpc) is 2.84. The zero-order chi connectivity index (χ0) is 13.7. The van der Waals surface area contributed by atoms with Crippen molar-refractivity contribution in [1.29, 1.82) is 0 Å². The van der Waals surface area contributed by atoms with Gasteiger partial charge in [-0.15, -0.1) is 11.3 Å². The number of nitrogens with one attached hydrogen (secondary N) is 1. The quantitative estimate of drug-likeness (QED) is 0.785. The van der Waals surface area contributed by atoms with Gasteiger partial charge in [-0.05, 0) is 35.5 Å². The predicted molar refractivity (Wildman–Crippen MR) is 85.3 cm³/mol. The van der Waals surface area contributed by atoms with Crippen LogP contribution in [0.2, 0.25) is 5.02 Å². The van der Waals surface area contributed by atoms with Crippen molar-refractivity contribution in [3.05, 3.63) is 56.7 Å². The Balaban J connectivity index is 2.26. The number of aryl methyl sites for hydroxylation is 1. The molecule has 0 amide bonds. The summed E-state index contributed by atoms with van der Waals surface area (Å²) in [5.41, 5.74) is 2.69. The highest BCUT2D eigenvalue weighted by molar-refractivity contribution is 7.10. The third-order valence-electron chi connectivity index (χ3n) is 3.17. The van der Waals surface area contributed by atoms with Gasteiger partial charge in [0.25, 0.3) is 0 Å². The summed E-state index contributed by atoms with van der Waals surface area (Å²) in [4.78, 5) is 1.20. The molecule has 0 aliphatic carbocycles. The topological polar surface area (TPSA) is 12.0 Å². The maximum Gasteiger partial charge on any atom is 0.0686 e. The Morgan fingerprint density at radius 1 is 1.16 bits per heavy atom. The number of hydrogen-bond acceptors (Lipinski definition) is 2. The van der Waals surface area contributed by atoms with E-state index in [0.29, 0.717) is 0 Å². The van der Waals surface area contributed by atoms with Gasteiger partial charge in [-0.2, -0.15) is 0 Å². The molecule has 3 heteroatoms. The van der Waals surface area contributed by atoms with E-state index in [0.717, 1.165) is 18.0 Å². The van der Waals surface area contributed by atoms with Gasteiger partial charge in [0.2, 0.25) is 0 Å². The molecular formula is C16H20ClNS. The molecule has 2 rings (SSSR count). The fourth-order valence-electron chi connectivity index (χ4n) is 2.24. The smallest absolute Gasteiger partial charge is 0.0686 e. The molecule has 0 spiro atoms. The molecule has 1 nitrogen and oxygen atoms in total. The largest absolute Gasteiger partial charge is 0.306 e. The third kappa shape index (κ3) is 3.59. The van der Waals surface area contributed by atoms with Crippen LogP contribution in [-0.4, -0.2) is 6.54 Å². The van der Waals surface area contributed by atoms with Crippen LogP contribution in [0.25, 0.3) is 0 Å². The van der Waals surface area contributed by atoms with E-state index in [1.165, 1.54) is 22.4 Å². The van der Waals surface area contributed by atoms with Crippen molar-refractivity contribution in [2.75, 3.05) is 6.54 Å². The summed E-state index contributed by atoms with van der Waals surface area (Å²) < 4.78 is 0. The molecular weight excluding hydrogens is 274 g/mol. The zero-order valence-electron chi connectivity index (χ0n) is 11.4. The lowest BCUT2D eigenvalue weighted by molar-refractivity contribution is 0.639. The number of hydrogen-bond donors (Lipinski definition) is 1. The molecule has 0 saturated heterocycles. The van der Waals surface area contributed by atoms with Crippen LogP contribution in [0.3, 0.4) is 0 Å². The Hall–Kier alpha value is -0.830. The molecule has 1 N–H and O–H groups in total. The van der Waals surface area contributed by atoms with E-state index in [4.69, 9.17) is 11.6 Å². The Bertz CT molecular complexity index is 504. The number of benzene rings is 1. The second kappa shape index (κ2) is 7.09. The van der Waals surface area contributed by atoms with Gasteiger partial charge in [0.15, 0.2) is 0 Å². The van der Waals surface area contributed by atoms with Crippen LogP contribution >= 0.6 is 22.9 Å². The zero-order valence-corrected chi connectivity index (χ0v) is 13.0. The SMILES string of the molecule is CCCc1ccc(C(NCC)c2sccc2Cl)cc1. The second-order valence-corrected chi connectivity index (χ2v) is 5.97. The molecule has 1 atom stereocenters. The molecule has 0 aliphatic rings. The van der Waals surface area contributed by atoms with Crippen molar-refractivity contribution in [2.45, 2.75) is 32.7 Å². The van der Waals surface area contributed by atoms with Crippen molar-refractivity contribution in [1.82, 2.24) is 5.32 Å². The van der Waals surface area contributed by atoms with Crippen LogP contribution in [0, 0.1) is 0 Å². The Labute approximate surface area is 124 Å². The van der Waals surface area contributed by atoms with Gasteiger partial charge >= 0.3 is 0 Å². The van der Waals surface area contributed by atoms with Crippen LogP contribution in [0.15, 0.2) is 35.7 Å². The van der Waals surface area contributed by atoms with E-state index in [1.807, 2.05) is 11.4 Å². The van der Waals surface area contributed by atoms with Crippen molar-refractivity contribution in [3.8, 4) is 0 Å². The molecule has 0 bridgehead atoms. The highest BCUT2D eigenvalue weighted by Crippen LogP contribution is 2.33. The summed E-state index contributed by atoms with van der Waals surface area (Å²) in [5.74, 6) is 0. The van der Waals surface area contributed by atoms with Crippen LogP contribution in [-0.2, 0) is 6.42 Å². The van der Waals surface area contributed by atoms with Gasteiger partial charge in [0.05, 0.1) is 11.1 Å². The molecule has 1 aromatic heterocycles. The van der Waals surface area contributed by atoms with Gasteiger partial charge < -0.3 is 5.32 Å². The van der Waals surface area contributed by atoms with E-state index >= 15 is 0 Å². The maximum atomic E-state index is 6.27. The first-order chi connectivity index (χ1) is 9.26. The van der Waals surface area contributed by atoms with Crippen LogP contribution in [0.4, 0.5) is 0 Å². The minimum atomic E-state index is 0.202. The normalized spacial score (nSPS) is 12.6. The van der Waals surface area contributed by atoms with E-state index in [-0.39, 0.29) is 6.04 Å². The summed E-state index contributed by atoms with van der Waals surface area (Å²) in [6, 6.07) is 11.1. The first-order valence-electron chi connectivity index (χ1n) is 6.81. The molecule has 0 aliphatic heterocycles. The highest BCUT2D eigenvalue weighted by Gasteiger charge is 2.17. The van der Waals surface area contributed by atoms with Gasteiger partial charge in [-0.3, -0.25) is 0 Å². The van der Waals surface area contributed by atoms with E-state index in [1.54, 1.807) is 11.3 Å². The Morgan fingerprint density at radius 3 is 2.42 bits per heavy atom. The van der Waals surface area contributed by atoms with Gasteiger partial charge in [0, 0.05) is 4.88 Å². The summed E-state index contributed by atoms with van der Waals surface area (Å²) in [7, 11) is 0. The van der Waals surface area contributed by atoms with E-state index in [2.05, 4.69) is 43.4 Å². The van der Waals surface area contributed by atoms with Crippen molar-refractivity contribution < 1.29 is 0 Å². The first kappa shape index (κ1) is 14.6. The second-order valence-electron chi connectivity index (χ2n) is 4.62. The number of halogens is 1. The van der Waals surface area contributed by atoms with Crippen LogP contribution in [0.5, 0.6) is 0 Å². The summed E-state index contributed by atoms with van der Waals surface area (Å²) >= 11 is 7.98. The first-order valence-corrected chi connectivity index (χ1v) is 8.07. The van der Waals surface area contributed by atoms with Gasteiger partial charge in [-0.25, -0.2) is 0 Å². The Morgan fingerprint density at radius 2 is 1.89 bits per heavy atom. The molecule has 19 heavy (non-hydrogen) atoms. The maximum absolute atomic E-state index is 6.27. The van der Waals surface area contributed by atoms with E-state index < -0.39 is 0 Å². The molecule has 1 aromatic carbocycles. The summed E-state index contributed by atoms with van der Waals surface area (Å²) in [5, 5.41) is 6.42. The minimum Gasteiger partial charge on any atom is -0.306 e. The highest BCUT2D eigenvalue weighted by atomic mass is 35.5. The minimum absolute atomic E-state index is 0.202. The van der Waals surface area contributed by atoms with Crippen molar-refractivity contribution >= 4 is 22.9 Å². The fourth-order valence-corrected chi connectivity index (χ4v) is 3.51. The van der Waals surface area contributed by atoms with Gasteiger partial charge in [0.1, 0.15) is 0 Å². The van der Waals surface area contributed by atoms with Crippen LogP contribution in [0.1, 0.15) is 42.3 Å². The predicted octanol–water partition coefficient (Wildman–Crippen LogP) is 5.05. The van der Waals surface area contributed by atoms with Crippen molar-refractivity contribution in [2.24, 2.45) is 0 Å². The molecule has 0 fully saturated rings.